The molecule has 488 valence electrons. The largest absolute Gasteiger partial charge is 0.511 e. The number of halogens is 3. The van der Waals surface area contributed by atoms with Gasteiger partial charge in [0.2, 0.25) is 0 Å². The lowest BCUT2D eigenvalue weighted by Crippen LogP contribution is -2.59. The van der Waals surface area contributed by atoms with Crippen LogP contribution in [-0.2, 0) is 81.3 Å². The van der Waals surface area contributed by atoms with Crippen molar-refractivity contribution in [3.63, 3.8) is 0 Å². The highest BCUT2D eigenvalue weighted by Crippen LogP contribution is 2.41. The summed E-state index contributed by atoms with van der Waals surface area (Å²) in [5.41, 5.74) is -9.55. The Balaban J connectivity index is 2.01. The van der Waals surface area contributed by atoms with E-state index in [-0.39, 0.29) is 43.2 Å². The first-order valence-corrected chi connectivity index (χ1v) is 30.4. The summed E-state index contributed by atoms with van der Waals surface area (Å²) >= 11 is 0. The zero-order valence-electron chi connectivity index (χ0n) is 52.3. The summed E-state index contributed by atoms with van der Waals surface area (Å²) in [7, 11) is 0.205. The van der Waals surface area contributed by atoms with E-state index in [0.717, 1.165) is 0 Å². The molecule has 1 amide bonds. The Kier molecular flexibility index (Phi) is 26.7. The van der Waals surface area contributed by atoms with Gasteiger partial charge in [0, 0.05) is 70.4 Å². The molecule has 24 nitrogen and oxygen atoms in total. The van der Waals surface area contributed by atoms with Gasteiger partial charge in [-0.2, -0.15) is 13.2 Å². The number of carbonyl (C=O) groups excluding carboxylic acids is 4. The maximum atomic E-state index is 15.9. The van der Waals surface area contributed by atoms with Gasteiger partial charge >= 0.3 is 33.6 Å². The molecular formula is C56H97F3N4O20S. The molecule has 22 atom stereocenters. The van der Waals surface area contributed by atoms with Gasteiger partial charge in [0.05, 0.1) is 60.2 Å². The average Bonchev–Trinajstić information content (AvgIpc) is 2.33. The molecule has 28 heteroatoms. The van der Waals surface area contributed by atoms with Gasteiger partial charge in [0.15, 0.2) is 30.3 Å². The van der Waals surface area contributed by atoms with Crippen molar-refractivity contribution in [2.45, 2.75) is 238 Å². The number of amides is 1. The van der Waals surface area contributed by atoms with Crippen LogP contribution in [0.3, 0.4) is 0 Å². The number of esters is 2. The zero-order valence-corrected chi connectivity index (χ0v) is 53.1. The van der Waals surface area contributed by atoms with Gasteiger partial charge in [-0.25, -0.2) is 17.9 Å². The van der Waals surface area contributed by atoms with Crippen molar-refractivity contribution in [3.05, 3.63) is 0 Å². The van der Waals surface area contributed by atoms with Gasteiger partial charge < -0.3 is 77.4 Å². The number of hydrogen-bond donors (Lipinski definition) is 4. The Labute approximate surface area is 493 Å². The van der Waals surface area contributed by atoms with Crippen molar-refractivity contribution in [2.24, 2.45) is 46.6 Å². The topological polar surface area (TPSA) is 293 Å². The Morgan fingerprint density at radius 1 is 0.845 bits per heavy atom. The predicted molar refractivity (Wildman–Crippen MR) is 297 cm³/mol. The van der Waals surface area contributed by atoms with Crippen LogP contribution in [0, 0.1) is 41.4 Å². The monoisotopic (exact) mass is 1230 g/mol. The summed E-state index contributed by atoms with van der Waals surface area (Å²) in [4.78, 5) is 66.8. The summed E-state index contributed by atoms with van der Waals surface area (Å²) in [6.07, 6.45) is -16.1. The lowest BCUT2D eigenvalue weighted by Gasteiger charge is -2.45. The molecule has 84 heavy (non-hydrogen) atoms. The van der Waals surface area contributed by atoms with Gasteiger partial charge in [-0.1, -0.05) is 53.6 Å². The highest BCUT2D eigenvalue weighted by molar-refractivity contribution is 7.90. The number of Topliss-reactive ketones (excluding diaryl/α,β-unsaturated/α-hetero) is 1. The van der Waals surface area contributed by atoms with E-state index in [0.29, 0.717) is 13.0 Å². The first-order chi connectivity index (χ1) is 38.8. The van der Waals surface area contributed by atoms with E-state index in [2.05, 4.69) is 15.4 Å². The van der Waals surface area contributed by atoms with E-state index in [4.69, 9.17) is 56.9 Å². The number of alkyl halides is 3. The van der Waals surface area contributed by atoms with Crippen LogP contribution in [0.4, 0.5) is 18.0 Å². The number of rotatable bonds is 19. The summed E-state index contributed by atoms with van der Waals surface area (Å²) in [6, 6.07) is -0.0720. The highest BCUT2D eigenvalue weighted by atomic mass is 32.2. The first-order valence-electron chi connectivity index (χ1n) is 28.9. The highest BCUT2D eigenvalue weighted by Gasteiger charge is 2.53. The molecule has 0 radical (unpaired) electrons. The SMILES string of the molecule is CO/N=C1\C[C@@H](C)O[C@@H](O[C@@H]2[C@@H](C)[C@H](O[C@H]3CC(C)N(C)C[C@H](C)O3)[C@@H](C)C(=O)O[C@H](C(C)CO[C@@H]3O[C@H](C)[C@@H](O)[C@@H](OC)[C@H]3OC)[C@H](C)[C@@H](OC(=O)CC(C)C)[C@@H](C)C(=O)[C@@](C)(OC(=O)NC(C)(C)CNS(=O)(=O)C(F)(F)F)C[C@@H]2C)[C@@H]1O. The third-order valence-electron chi connectivity index (χ3n) is 16.4. The number of ether oxygens (including phenoxy) is 11. The van der Waals surface area contributed by atoms with Crippen molar-refractivity contribution < 1.29 is 108 Å². The minimum absolute atomic E-state index is 0.0720. The van der Waals surface area contributed by atoms with Crippen LogP contribution in [-0.4, -0.2) is 210 Å². The Morgan fingerprint density at radius 2 is 1.48 bits per heavy atom. The van der Waals surface area contributed by atoms with E-state index in [1.807, 2.05) is 20.9 Å². The predicted octanol–water partition coefficient (Wildman–Crippen LogP) is 5.22. The Bertz CT molecular complexity index is 2300. The van der Waals surface area contributed by atoms with E-state index in [1.165, 1.54) is 53.7 Å². The molecule has 0 spiro atoms. The standard InChI is InChI=1S/C56H97F3N4O20S/c1-27(2)20-39(64)79-45-34(9)44(29(4)25-75-52-48(73-18)47(72-17)41(65)37(12)78-52)81-50(68)36(11)46(80-40-21-30(5)63(16)24-32(7)76-40)33(8)43(82-51-42(66)38(62-74-19)22-31(6)77-51)28(3)23-55(15,49(67)35(45)10)83-53(69)61-54(13,14)26-60-84(70,71)56(57,58)59/h27-37,40-48,51-52,60,65-66H,20-26H2,1-19H3,(H,61,69)/b62-38+/t28-,29?,30?,31+,32-,33+,34-,35+,36+,37+,40-,41+,42+,43-,44+,45+,46-,47+,48+,51-,52+,55-/m0/s1. The van der Waals surface area contributed by atoms with Crippen molar-refractivity contribution in [3.8, 4) is 0 Å². The number of likely N-dealkylation sites (N-methyl/N-ethyl adjacent to an activating group) is 1. The third kappa shape index (κ3) is 19.1. The normalized spacial score (nSPS) is 38.5. The van der Waals surface area contributed by atoms with E-state index >= 15 is 9.59 Å². The van der Waals surface area contributed by atoms with Crippen LogP contribution in [0.5, 0.6) is 0 Å². The number of cyclic esters (lactones) is 1. The van der Waals surface area contributed by atoms with Crippen molar-refractivity contribution >= 4 is 39.6 Å². The van der Waals surface area contributed by atoms with Crippen LogP contribution >= 0.6 is 0 Å². The number of nitrogens with zero attached hydrogens (tertiary/aromatic N) is 2. The number of sulfonamides is 1. The molecule has 2 unspecified atom stereocenters. The smallest absolute Gasteiger partial charge is 0.461 e. The lowest BCUT2D eigenvalue weighted by atomic mass is 9.74. The van der Waals surface area contributed by atoms with E-state index < -0.39 is 179 Å². The number of methoxy groups -OCH3 is 2. The van der Waals surface area contributed by atoms with Gasteiger partial charge in [-0.3, -0.25) is 14.4 Å². The maximum Gasteiger partial charge on any atom is 0.511 e. The second-order valence-electron chi connectivity index (χ2n) is 24.9. The van der Waals surface area contributed by atoms with Crippen molar-refractivity contribution in [1.82, 2.24) is 14.9 Å². The third-order valence-corrected chi connectivity index (χ3v) is 17.5. The number of nitrogens with one attached hydrogen (secondary N) is 2. The number of ketones is 1. The zero-order chi connectivity index (χ0) is 63.7. The number of aliphatic hydroxyl groups excluding tert-OH is 2. The molecule has 4 rings (SSSR count). The summed E-state index contributed by atoms with van der Waals surface area (Å²) < 4.78 is 136. The first kappa shape index (κ1) is 73.1. The molecule has 4 N–H and O–H groups in total. The number of alkyl carbamates (subject to hydrolysis) is 1. The van der Waals surface area contributed by atoms with Gasteiger partial charge in [0.25, 0.3) is 0 Å². The number of aliphatic hydroxyl groups is 2. The molecule has 0 bridgehead atoms. The second kappa shape index (κ2) is 30.7. The Hall–Kier alpha value is -3.39. The number of oxime groups is 1. The molecule has 4 fully saturated rings. The van der Waals surface area contributed by atoms with Crippen LogP contribution in [0.2, 0.25) is 0 Å². The van der Waals surface area contributed by atoms with E-state index in [1.54, 1.807) is 62.3 Å². The van der Waals surface area contributed by atoms with Gasteiger partial charge in [0.1, 0.15) is 43.7 Å². The van der Waals surface area contributed by atoms with Crippen LogP contribution < -0.4 is 10.0 Å². The van der Waals surface area contributed by atoms with Crippen molar-refractivity contribution in [1.29, 1.82) is 0 Å². The van der Waals surface area contributed by atoms with Gasteiger partial charge in [-0.15, -0.1) is 0 Å². The quantitative estimate of drug-likeness (QED) is 0.0732. The van der Waals surface area contributed by atoms with Crippen LogP contribution in [0.25, 0.3) is 0 Å². The summed E-state index contributed by atoms with van der Waals surface area (Å²) in [6.45, 7) is 23.8. The van der Waals surface area contributed by atoms with Gasteiger partial charge in [-0.05, 0) is 80.7 Å². The fourth-order valence-electron chi connectivity index (χ4n) is 11.7. The lowest BCUT2D eigenvalue weighted by molar-refractivity contribution is -0.305. The average molecular weight is 1240 g/mol. The van der Waals surface area contributed by atoms with E-state index in [9.17, 15) is 41.4 Å². The summed E-state index contributed by atoms with van der Waals surface area (Å²) in [5.74, 6) is -8.95. The molecule has 0 aromatic rings. The molecule has 0 aromatic carbocycles. The number of hydrogen-bond acceptors (Lipinski definition) is 22. The van der Waals surface area contributed by atoms with Crippen LogP contribution in [0.15, 0.2) is 5.16 Å². The van der Waals surface area contributed by atoms with Crippen molar-refractivity contribution in [2.75, 3.05) is 48.1 Å². The summed E-state index contributed by atoms with van der Waals surface area (Å²) in [5, 5.41) is 29.2. The molecule has 0 saturated carbocycles. The minimum Gasteiger partial charge on any atom is -0.461 e. The number of carbonyl (C=O) groups is 4. The fourth-order valence-corrected chi connectivity index (χ4v) is 12.4. The molecule has 0 aliphatic carbocycles. The molecule has 4 aliphatic rings. The minimum atomic E-state index is -5.87. The molecule has 0 aromatic heterocycles. The molecule has 4 heterocycles. The molecule has 4 aliphatic heterocycles. The second-order valence-corrected chi connectivity index (χ2v) is 26.7. The van der Waals surface area contributed by atoms with Crippen LogP contribution in [0.1, 0.15) is 130 Å². The Morgan fingerprint density at radius 3 is 2.06 bits per heavy atom. The molecule has 4 saturated heterocycles. The molecular weight excluding hydrogens is 1140 g/mol. The maximum absolute atomic E-state index is 15.9. The fraction of sp³-hybridized carbons (Fsp3) is 0.911.